The minimum atomic E-state index is -2.47. The normalized spacial score (nSPS) is 20.1. The molecule has 0 unspecified atom stereocenters. The van der Waals surface area contributed by atoms with Crippen molar-refractivity contribution < 1.29 is 9.22 Å². The highest BCUT2D eigenvalue weighted by atomic mass is 28.4. The van der Waals surface area contributed by atoms with E-state index in [0.29, 0.717) is 6.61 Å². The van der Waals surface area contributed by atoms with E-state index in [9.17, 15) is 4.79 Å². The molecule has 0 radical (unpaired) electrons. The number of rotatable bonds is 7. The summed E-state index contributed by atoms with van der Waals surface area (Å²) in [4.78, 5) is 11.7. The van der Waals surface area contributed by atoms with E-state index < -0.39 is 8.32 Å². The Balaban J connectivity index is 1.91. The molecule has 0 bridgehead atoms. The van der Waals surface area contributed by atoms with Gasteiger partial charge in [0.25, 0.3) is 8.32 Å². The predicted molar refractivity (Wildman–Crippen MR) is 114 cm³/mol. The van der Waals surface area contributed by atoms with Gasteiger partial charge in [-0.1, -0.05) is 88.4 Å². The first-order valence-electron chi connectivity index (χ1n) is 9.95. The van der Waals surface area contributed by atoms with Crippen LogP contribution in [0.25, 0.3) is 0 Å². The molecule has 2 atom stereocenters. The summed E-state index contributed by atoms with van der Waals surface area (Å²) in [6.07, 6.45) is 1.77. The summed E-state index contributed by atoms with van der Waals surface area (Å²) in [5.41, 5.74) is 0. The molecular weight excluding hydrogens is 350 g/mol. The monoisotopic (exact) mass is 381 g/mol. The Morgan fingerprint density at radius 1 is 0.963 bits per heavy atom. The third-order valence-corrected chi connectivity index (χ3v) is 10.8. The van der Waals surface area contributed by atoms with Crippen LogP contribution >= 0.6 is 0 Å². The van der Waals surface area contributed by atoms with Crippen LogP contribution in [0.2, 0.25) is 5.04 Å². The van der Waals surface area contributed by atoms with Crippen LogP contribution in [-0.2, 0) is 9.22 Å². The third-order valence-electron chi connectivity index (χ3n) is 5.75. The Hall–Kier alpha value is -1.91. The smallest absolute Gasteiger partial charge is 0.261 e. The number of amides is 1. The number of β-lactam (4-membered cyclic amide) rings is 1. The molecule has 1 saturated heterocycles. The fourth-order valence-corrected chi connectivity index (χ4v) is 8.90. The minimum absolute atomic E-state index is 0.0112. The van der Waals surface area contributed by atoms with Gasteiger partial charge in [-0.25, -0.2) is 0 Å². The number of nitrogens with one attached hydrogen (secondary N) is 1. The molecule has 3 nitrogen and oxygen atoms in total. The Morgan fingerprint density at radius 2 is 1.48 bits per heavy atom. The molecule has 1 amide bonds. The van der Waals surface area contributed by atoms with Gasteiger partial charge in [-0.05, 0) is 28.3 Å². The maximum atomic E-state index is 11.7. The molecule has 2 aromatic rings. The molecule has 1 aliphatic heterocycles. The molecule has 1 aliphatic rings. The predicted octanol–water partition coefficient (Wildman–Crippen LogP) is 3.48. The molecule has 0 saturated carbocycles. The van der Waals surface area contributed by atoms with E-state index in [2.05, 4.69) is 93.7 Å². The van der Waals surface area contributed by atoms with Crippen LogP contribution in [0, 0.1) is 5.92 Å². The number of carbonyl (C=O) groups excluding carboxylic acids is 1. The number of carbonyl (C=O) groups is 1. The third kappa shape index (κ3) is 3.74. The number of hydrogen-bond donors (Lipinski definition) is 1. The van der Waals surface area contributed by atoms with Crippen molar-refractivity contribution in [2.45, 2.75) is 51.6 Å². The molecule has 1 fully saturated rings. The van der Waals surface area contributed by atoms with E-state index in [0.717, 1.165) is 12.8 Å². The van der Waals surface area contributed by atoms with Gasteiger partial charge in [0.05, 0.1) is 5.92 Å². The van der Waals surface area contributed by atoms with Crippen molar-refractivity contribution in [2.24, 2.45) is 5.92 Å². The van der Waals surface area contributed by atoms with Gasteiger partial charge in [0, 0.05) is 12.6 Å². The molecule has 4 heteroatoms. The van der Waals surface area contributed by atoms with E-state index >= 15 is 0 Å². The van der Waals surface area contributed by atoms with Gasteiger partial charge in [-0.2, -0.15) is 0 Å². The summed E-state index contributed by atoms with van der Waals surface area (Å²) in [7, 11) is -2.47. The molecule has 0 aromatic heterocycles. The van der Waals surface area contributed by atoms with Crippen LogP contribution in [0.5, 0.6) is 0 Å². The van der Waals surface area contributed by atoms with Crippen molar-refractivity contribution in [3.8, 4) is 0 Å². The molecule has 3 rings (SSSR count). The topological polar surface area (TPSA) is 38.3 Å². The molecule has 27 heavy (non-hydrogen) atoms. The summed E-state index contributed by atoms with van der Waals surface area (Å²) in [6, 6.07) is 21.6. The summed E-state index contributed by atoms with van der Waals surface area (Å²) in [6.45, 7) is 9.62. The van der Waals surface area contributed by atoms with Gasteiger partial charge in [0.2, 0.25) is 5.91 Å². The van der Waals surface area contributed by atoms with Crippen LogP contribution in [0.15, 0.2) is 60.7 Å². The van der Waals surface area contributed by atoms with Crippen molar-refractivity contribution in [1.29, 1.82) is 0 Å². The van der Waals surface area contributed by atoms with E-state index in [1.54, 1.807) is 0 Å². The first-order chi connectivity index (χ1) is 12.9. The lowest BCUT2D eigenvalue weighted by Crippen LogP contribution is -2.67. The average molecular weight is 382 g/mol. The Labute approximate surface area is 164 Å². The Morgan fingerprint density at radius 3 is 1.89 bits per heavy atom. The average Bonchev–Trinajstić information content (AvgIpc) is 2.65. The molecule has 144 valence electrons. The highest BCUT2D eigenvalue weighted by Gasteiger charge is 2.50. The fraction of sp³-hybridized carbons (Fsp3) is 0.435. The molecule has 0 spiro atoms. The highest BCUT2D eigenvalue weighted by molar-refractivity contribution is 6.99. The van der Waals surface area contributed by atoms with E-state index in [1.807, 2.05) is 0 Å². The molecular formula is C23H31NO2Si. The van der Waals surface area contributed by atoms with E-state index in [4.69, 9.17) is 4.43 Å². The van der Waals surface area contributed by atoms with Gasteiger partial charge in [-0.3, -0.25) is 4.79 Å². The van der Waals surface area contributed by atoms with Crippen LogP contribution < -0.4 is 15.7 Å². The standard InChI is InChI=1S/C23H31NO2Si/c1-5-20-21(24-22(20)25)16-17-26-27(23(2,3)4,18-12-8-6-9-13-18)19-14-10-7-11-15-19/h6-15,20-21H,5,16-17H2,1-4H3,(H,24,25)/t20-,21+/m0/s1. The fourth-order valence-electron chi connectivity index (χ4n) is 4.32. The Bertz CT molecular complexity index is 715. The highest BCUT2D eigenvalue weighted by Crippen LogP contribution is 2.37. The van der Waals surface area contributed by atoms with E-state index in [-0.39, 0.29) is 22.9 Å². The zero-order valence-electron chi connectivity index (χ0n) is 16.9. The zero-order valence-corrected chi connectivity index (χ0v) is 17.9. The minimum Gasteiger partial charge on any atom is -0.407 e. The second kappa shape index (κ2) is 7.99. The molecule has 0 aliphatic carbocycles. The maximum absolute atomic E-state index is 11.7. The lowest BCUT2D eigenvalue weighted by Gasteiger charge is -2.44. The second-order valence-corrected chi connectivity index (χ2v) is 12.7. The van der Waals surface area contributed by atoms with Crippen molar-refractivity contribution >= 4 is 24.6 Å². The summed E-state index contributed by atoms with van der Waals surface area (Å²) in [5.74, 6) is 0.334. The van der Waals surface area contributed by atoms with Crippen LogP contribution in [0.3, 0.4) is 0 Å². The lowest BCUT2D eigenvalue weighted by atomic mass is 9.86. The van der Waals surface area contributed by atoms with Crippen molar-refractivity contribution in [1.82, 2.24) is 5.32 Å². The molecule has 1 N–H and O–H groups in total. The second-order valence-electron chi connectivity index (χ2n) is 8.43. The van der Waals surface area contributed by atoms with Crippen molar-refractivity contribution in [2.75, 3.05) is 6.61 Å². The SMILES string of the molecule is CC[C@@H]1C(=O)N[C@@H]1CCO[Si](c1ccccc1)(c1ccccc1)C(C)(C)C. The van der Waals surface area contributed by atoms with Gasteiger partial charge in [0.1, 0.15) is 0 Å². The first kappa shape index (κ1) is 19.8. The maximum Gasteiger partial charge on any atom is 0.261 e. The molecule has 2 aromatic carbocycles. The van der Waals surface area contributed by atoms with Gasteiger partial charge in [0.15, 0.2) is 0 Å². The van der Waals surface area contributed by atoms with Crippen LogP contribution in [-0.4, -0.2) is 26.9 Å². The summed E-state index contributed by atoms with van der Waals surface area (Å²) in [5, 5.41) is 5.63. The van der Waals surface area contributed by atoms with Crippen LogP contribution in [0.4, 0.5) is 0 Å². The number of benzene rings is 2. The quantitative estimate of drug-likeness (QED) is 0.589. The molecule has 1 heterocycles. The summed E-state index contributed by atoms with van der Waals surface area (Å²) >= 11 is 0. The Kier molecular flexibility index (Phi) is 5.87. The van der Waals surface area contributed by atoms with Gasteiger partial charge < -0.3 is 9.74 Å². The van der Waals surface area contributed by atoms with Gasteiger partial charge in [-0.15, -0.1) is 0 Å². The lowest BCUT2D eigenvalue weighted by molar-refractivity contribution is -0.135. The largest absolute Gasteiger partial charge is 0.407 e. The van der Waals surface area contributed by atoms with E-state index in [1.165, 1.54) is 10.4 Å². The number of hydrogen-bond acceptors (Lipinski definition) is 2. The van der Waals surface area contributed by atoms with Gasteiger partial charge >= 0.3 is 0 Å². The zero-order chi connectivity index (χ0) is 19.5. The first-order valence-corrected chi connectivity index (χ1v) is 11.9. The van der Waals surface area contributed by atoms with Crippen LogP contribution in [0.1, 0.15) is 40.5 Å². The summed E-state index contributed by atoms with van der Waals surface area (Å²) < 4.78 is 6.89. The van der Waals surface area contributed by atoms with Crippen molar-refractivity contribution in [3.63, 3.8) is 0 Å². The van der Waals surface area contributed by atoms with Crippen molar-refractivity contribution in [3.05, 3.63) is 60.7 Å².